The van der Waals surface area contributed by atoms with Crippen molar-refractivity contribution in [3.63, 3.8) is 0 Å². The molecule has 0 fully saturated rings. The number of hydrogen-bond donors (Lipinski definition) is 0. The first-order valence-corrected chi connectivity index (χ1v) is 7.38. The van der Waals surface area contributed by atoms with Gasteiger partial charge in [-0.25, -0.2) is 0 Å². The Bertz CT molecular complexity index is 701. The van der Waals surface area contributed by atoms with Crippen LogP contribution in [0.3, 0.4) is 0 Å². The van der Waals surface area contributed by atoms with Crippen molar-refractivity contribution in [1.29, 1.82) is 0 Å². The summed E-state index contributed by atoms with van der Waals surface area (Å²) in [5, 5.41) is 12.1. The molecule has 0 amide bonds. The van der Waals surface area contributed by atoms with Gasteiger partial charge in [0.1, 0.15) is 0 Å². The van der Waals surface area contributed by atoms with Gasteiger partial charge in [-0.1, -0.05) is 48.9 Å². The van der Waals surface area contributed by atoms with Crippen LogP contribution in [0.25, 0.3) is 0 Å². The monoisotopic (exact) mass is 317 g/mol. The Morgan fingerprint density at radius 3 is 2.50 bits per heavy atom. The lowest BCUT2D eigenvalue weighted by molar-refractivity contribution is -0.323. The molecule has 0 N–H and O–H groups in total. The number of rotatable bonds is 4. The second-order valence-corrected chi connectivity index (χ2v) is 5.55. The van der Waals surface area contributed by atoms with Crippen molar-refractivity contribution >= 4 is 17.6 Å². The third-order valence-corrected chi connectivity index (χ3v) is 3.99. The van der Waals surface area contributed by atoms with Gasteiger partial charge in [0, 0.05) is 16.7 Å². The van der Waals surface area contributed by atoms with Gasteiger partial charge < -0.3 is 19.4 Å². The van der Waals surface area contributed by atoms with Gasteiger partial charge in [-0.2, -0.15) is 0 Å². The lowest BCUT2D eigenvalue weighted by Gasteiger charge is -2.35. The van der Waals surface area contributed by atoms with Gasteiger partial charge in [0.2, 0.25) is 0 Å². The predicted octanol–water partition coefficient (Wildman–Crippen LogP) is 2.74. The summed E-state index contributed by atoms with van der Waals surface area (Å²) in [7, 11) is 0. The SMILES string of the molecule is CCC(C(=O)[O-])C1(c2ccccc2)Oc2ccc(Cl)cc2O1. The Morgan fingerprint density at radius 1 is 1.18 bits per heavy atom. The normalized spacial score (nSPS) is 20.6. The van der Waals surface area contributed by atoms with Gasteiger partial charge in [-0.05, 0) is 18.6 Å². The summed E-state index contributed by atoms with van der Waals surface area (Å²) in [6, 6.07) is 14.0. The number of carboxylic acids is 1. The average Bonchev–Trinajstić information content (AvgIpc) is 2.87. The number of halogens is 1. The van der Waals surface area contributed by atoms with E-state index in [1.807, 2.05) is 18.2 Å². The van der Waals surface area contributed by atoms with Crippen LogP contribution >= 0.6 is 11.6 Å². The van der Waals surface area contributed by atoms with E-state index in [1.165, 1.54) is 0 Å². The van der Waals surface area contributed by atoms with Crippen LogP contribution in [-0.2, 0) is 10.6 Å². The number of carboxylic acid groups (broad SMARTS) is 1. The molecule has 2 unspecified atom stereocenters. The van der Waals surface area contributed by atoms with Crippen LogP contribution in [0.4, 0.5) is 0 Å². The maximum Gasteiger partial charge on any atom is 0.286 e. The molecule has 0 saturated carbocycles. The standard InChI is InChI=1S/C17H15ClO4/c1-2-13(16(19)20)17(11-6-4-3-5-7-11)21-14-9-8-12(18)10-15(14)22-17/h3-10,13H,2H2,1H3,(H,19,20)/p-1. The highest BCUT2D eigenvalue weighted by Gasteiger charge is 2.50. The van der Waals surface area contributed by atoms with Crippen LogP contribution in [0, 0.1) is 5.92 Å². The van der Waals surface area contributed by atoms with Gasteiger partial charge in [0.25, 0.3) is 5.79 Å². The van der Waals surface area contributed by atoms with Crippen molar-refractivity contribution in [2.45, 2.75) is 19.1 Å². The predicted molar refractivity (Wildman–Crippen MR) is 79.6 cm³/mol. The van der Waals surface area contributed by atoms with Gasteiger partial charge in [-0.15, -0.1) is 0 Å². The molecule has 1 aliphatic heterocycles. The fourth-order valence-electron chi connectivity index (χ4n) is 2.72. The van der Waals surface area contributed by atoms with E-state index < -0.39 is 17.7 Å². The second-order valence-electron chi connectivity index (χ2n) is 5.11. The van der Waals surface area contributed by atoms with Gasteiger partial charge >= 0.3 is 0 Å². The minimum Gasteiger partial charge on any atom is -0.550 e. The zero-order valence-corrected chi connectivity index (χ0v) is 12.7. The van der Waals surface area contributed by atoms with Crippen molar-refractivity contribution in [3.8, 4) is 11.5 Å². The van der Waals surface area contributed by atoms with E-state index in [0.717, 1.165) is 0 Å². The number of aliphatic carboxylic acids is 1. The molecule has 2 aromatic rings. The van der Waals surface area contributed by atoms with Crippen molar-refractivity contribution in [1.82, 2.24) is 0 Å². The summed E-state index contributed by atoms with van der Waals surface area (Å²) < 4.78 is 11.9. The average molecular weight is 318 g/mol. The third-order valence-electron chi connectivity index (χ3n) is 3.76. The Kier molecular flexibility index (Phi) is 3.71. The maximum atomic E-state index is 11.6. The first kappa shape index (κ1) is 14.7. The molecule has 1 heterocycles. The Morgan fingerprint density at radius 2 is 1.86 bits per heavy atom. The van der Waals surface area contributed by atoms with Crippen LogP contribution < -0.4 is 14.6 Å². The van der Waals surface area contributed by atoms with Crippen molar-refractivity contribution in [3.05, 3.63) is 59.1 Å². The first-order valence-electron chi connectivity index (χ1n) is 7.01. The van der Waals surface area contributed by atoms with Crippen LogP contribution in [0.2, 0.25) is 5.02 Å². The third kappa shape index (κ3) is 2.29. The first-order chi connectivity index (χ1) is 10.6. The van der Waals surface area contributed by atoms with E-state index in [9.17, 15) is 9.90 Å². The van der Waals surface area contributed by atoms with Gasteiger partial charge in [0.15, 0.2) is 11.5 Å². The van der Waals surface area contributed by atoms with E-state index in [2.05, 4.69) is 0 Å². The highest BCUT2D eigenvalue weighted by atomic mass is 35.5. The van der Waals surface area contributed by atoms with Crippen LogP contribution in [0.5, 0.6) is 11.5 Å². The number of carbonyl (C=O) groups is 1. The minimum atomic E-state index is -1.44. The summed E-state index contributed by atoms with van der Waals surface area (Å²) >= 11 is 5.97. The Balaban J connectivity index is 2.13. The molecule has 3 rings (SSSR count). The molecule has 0 spiro atoms. The molecule has 0 aromatic heterocycles. The zero-order chi connectivity index (χ0) is 15.7. The molecule has 22 heavy (non-hydrogen) atoms. The number of fused-ring (bicyclic) bond motifs is 1. The summed E-state index contributed by atoms with van der Waals surface area (Å²) in [5.41, 5.74) is 0.623. The molecule has 2 aromatic carbocycles. The highest BCUT2D eigenvalue weighted by Crippen LogP contribution is 2.49. The van der Waals surface area contributed by atoms with Crippen LogP contribution in [0.15, 0.2) is 48.5 Å². The number of benzene rings is 2. The minimum absolute atomic E-state index is 0.305. The van der Waals surface area contributed by atoms with E-state index in [0.29, 0.717) is 28.5 Å². The Hall–Kier alpha value is -2.20. The Labute approximate surface area is 133 Å². The van der Waals surface area contributed by atoms with Gasteiger partial charge in [-0.3, -0.25) is 0 Å². The fourth-order valence-corrected chi connectivity index (χ4v) is 2.88. The smallest absolute Gasteiger partial charge is 0.286 e. The molecule has 114 valence electrons. The molecule has 1 aliphatic rings. The summed E-state index contributed by atoms with van der Waals surface area (Å²) in [6.45, 7) is 1.76. The lowest BCUT2D eigenvalue weighted by Crippen LogP contribution is -2.51. The van der Waals surface area contributed by atoms with Crippen LogP contribution in [0.1, 0.15) is 18.9 Å². The quantitative estimate of drug-likeness (QED) is 0.870. The number of carbonyl (C=O) groups excluding carboxylic acids is 1. The zero-order valence-electron chi connectivity index (χ0n) is 11.9. The maximum absolute atomic E-state index is 11.6. The number of hydrogen-bond acceptors (Lipinski definition) is 4. The lowest BCUT2D eigenvalue weighted by atomic mass is 9.89. The van der Waals surface area contributed by atoms with Crippen molar-refractivity contribution in [2.24, 2.45) is 5.92 Å². The van der Waals surface area contributed by atoms with E-state index in [1.54, 1.807) is 37.3 Å². The van der Waals surface area contributed by atoms with Crippen molar-refractivity contribution in [2.75, 3.05) is 0 Å². The highest BCUT2D eigenvalue weighted by molar-refractivity contribution is 6.30. The molecule has 0 saturated heterocycles. The second kappa shape index (κ2) is 5.54. The summed E-state index contributed by atoms with van der Waals surface area (Å²) in [6.07, 6.45) is 0.305. The number of ether oxygens (including phenoxy) is 2. The fraction of sp³-hybridized carbons (Fsp3) is 0.235. The molecule has 5 heteroatoms. The molecule has 4 nitrogen and oxygen atoms in total. The molecule has 2 atom stereocenters. The van der Waals surface area contributed by atoms with Crippen molar-refractivity contribution < 1.29 is 19.4 Å². The summed E-state index contributed by atoms with van der Waals surface area (Å²) in [5.74, 6) is -2.72. The topological polar surface area (TPSA) is 58.6 Å². The van der Waals surface area contributed by atoms with E-state index in [-0.39, 0.29) is 0 Å². The molecule has 0 bridgehead atoms. The van der Waals surface area contributed by atoms with Crippen LogP contribution in [-0.4, -0.2) is 5.97 Å². The van der Waals surface area contributed by atoms with E-state index >= 15 is 0 Å². The van der Waals surface area contributed by atoms with Gasteiger partial charge in [0.05, 0.1) is 11.9 Å². The molecular formula is C17H14ClO4-. The summed E-state index contributed by atoms with van der Waals surface area (Å²) in [4.78, 5) is 11.6. The van der Waals surface area contributed by atoms with E-state index in [4.69, 9.17) is 21.1 Å². The largest absolute Gasteiger partial charge is 0.550 e. The molecule has 0 aliphatic carbocycles. The molecular weight excluding hydrogens is 304 g/mol. The molecule has 0 radical (unpaired) electrons.